The van der Waals surface area contributed by atoms with E-state index < -0.39 is 0 Å². The van der Waals surface area contributed by atoms with Gasteiger partial charge in [-0.05, 0) is 99.0 Å². The summed E-state index contributed by atoms with van der Waals surface area (Å²) < 4.78 is 2.60. The standard InChI is InChI=1S/C53H39NS/c1-52(2)43-25-11-7-20-37(43)40-23-15-24-41(51(40)52)39-21-9-13-27-46(39)54(47-28-16-30-49-50(47)42-22-10-14-29-48(42)55-49)35-31-32-38-36-19-8-12-26-44(36)53(3,45(38)33-35)34-17-5-4-6-18-34/h4-33H,1-3H3. The Kier molecular flexibility index (Phi) is 6.97. The van der Waals surface area contributed by atoms with E-state index in [-0.39, 0.29) is 10.8 Å². The van der Waals surface area contributed by atoms with Gasteiger partial charge in [-0.2, -0.15) is 0 Å². The fourth-order valence-electron chi connectivity index (χ4n) is 10.0. The predicted molar refractivity (Wildman–Crippen MR) is 234 cm³/mol. The summed E-state index contributed by atoms with van der Waals surface area (Å²) in [5.74, 6) is 0. The first-order valence-electron chi connectivity index (χ1n) is 19.3. The minimum Gasteiger partial charge on any atom is -0.309 e. The van der Waals surface area contributed by atoms with Gasteiger partial charge in [-0.15, -0.1) is 11.3 Å². The van der Waals surface area contributed by atoms with Crippen molar-refractivity contribution in [3.05, 3.63) is 210 Å². The lowest BCUT2D eigenvalue weighted by molar-refractivity contribution is 0.662. The molecule has 0 N–H and O–H groups in total. The third kappa shape index (κ3) is 4.52. The molecule has 0 fully saturated rings. The average Bonchev–Trinajstić information content (AvgIpc) is 3.83. The van der Waals surface area contributed by atoms with Crippen molar-refractivity contribution in [3.63, 3.8) is 0 Å². The Morgan fingerprint density at radius 2 is 0.982 bits per heavy atom. The molecule has 0 saturated carbocycles. The van der Waals surface area contributed by atoms with Crippen molar-refractivity contribution in [1.29, 1.82) is 0 Å². The van der Waals surface area contributed by atoms with E-state index in [0.717, 1.165) is 5.69 Å². The molecule has 1 nitrogen and oxygen atoms in total. The van der Waals surface area contributed by atoms with Crippen molar-refractivity contribution in [1.82, 2.24) is 0 Å². The number of para-hydroxylation sites is 1. The van der Waals surface area contributed by atoms with E-state index in [1.165, 1.54) is 92.7 Å². The highest BCUT2D eigenvalue weighted by Gasteiger charge is 2.42. The van der Waals surface area contributed by atoms with E-state index in [0.29, 0.717) is 0 Å². The van der Waals surface area contributed by atoms with Crippen LogP contribution >= 0.6 is 11.3 Å². The zero-order valence-electron chi connectivity index (χ0n) is 31.2. The second-order valence-electron chi connectivity index (χ2n) is 15.8. The Morgan fingerprint density at radius 1 is 0.418 bits per heavy atom. The number of anilines is 3. The molecule has 9 aromatic rings. The van der Waals surface area contributed by atoms with E-state index in [1.54, 1.807) is 0 Å². The monoisotopic (exact) mass is 721 g/mol. The number of benzene rings is 8. The number of nitrogens with zero attached hydrogens (tertiary/aromatic N) is 1. The van der Waals surface area contributed by atoms with Gasteiger partial charge in [0.2, 0.25) is 0 Å². The zero-order valence-corrected chi connectivity index (χ0v) is 32.0. The van der Waals surface area contributed by atoms with Gasteiger partial charge < -0.3 is 4.90 Å². The van der Waals surface area contributed by atoms with Gasteiger partial charge in [0, 0.05) is 42.3 Å². The molecule has 0 radical (unpaired) electrons. The molecule has 55 heavy (non-hydrogen) atoms. The van der Waals surface area contributed by atoms with Gasteiger partial charge in [0.25, 0.3) is 0 Å². The molecule has 1 unspecified atom stereocenters. The van der Waals surface area contributed by atoms with Crippen LogP contribution in [0.4, 0.5) is 17.1 Å². The maximum Gasteiger partial charge on any atom is 0.0555 e. The maximum atomic E-state index is 2.56. The first-order chi connectivity index (χ1) is 26.9. The maximum absolute atomic E-state index is 2.56. The highest BCUT2D eigenvalue weighted by molar-refractivity contribution is 7.26. The first kappa shape index (κ1) is 32.2. The normalized spacial score (nSPS) is 16.1. The molecule has 2 heteroatoms. The summed E-state index contributed by atoms with van der Waals surface area (Å²) in [5.41, 5.74) is 17.6. The molecule has 0 aliphatic heterocycles. The van der Waals surface area contributed by atoms with Gasteiger partial charge in [0.05, 0.1) is 11.4 Å². The summed E-state index contributed by atoms with van der Waals surface area (Å²) in [6, 6.07) is 67.9. The summed E-state index contributed by atoms with van der Waals surface area (Å²) in [7, 11) is 0. The molecule has 2 aliphatic carbocycles. The lowest BCUT2D eigenvalue weighted by Gasteiger charge is -2.32. The highest BCUT2D eigenvalue weighted by atomic mass is 32.1. The number of rotatable bonds is 5. The molecule has 1 heterocycles. The second-order valence-corrected chi connectivity index (χ2v) is 16.9. The topological polar surface area (TPSA) is 3.24 Å². The van der Waals surface area contributed by atoms with E-state index in [4.69, 9.17) is 0 Å². The van der Waals surface area contributed by atoms with Crippen LogP contribution in [0.25, 0.3) is 53.6 Å². The van der Waals surface area contributed by atoms with Crippen LogP contribution in [-0.2, 0) is 10.8 Å². The van der Waals surface area contributed by atoms with Crippen LogP contribution < -0.4 is 4.90 Å². The largest absolute Gasteiger partial charge is 0.309 e. The summed E-state index contributed by atoms with van der Waals surface area (Å²) in [6.07, 6.45) is 0. The van der Waals surface area contributed by atoms with E-state index in [2.05, 4.69) is 208 Å². The molecule has 0 spiro atoms. The van der Waals surface area contributed by atoms with Gasteiger partial charge in [0.1, 0.15) is 0 Å². The van der Waals surface area contributed by atoms with Crippen molar-refractivity contribution in [2.45, 2.75) is 31.6 Å². The van der Waals surface area contributed by atoms with Crippen LogP contribution in [0.5, 0.6) is 0 Å². The van der Waals surface area contributed by atoms with Crippen LogP contribution in [0.15, 0.2) is 182 Å². The van der Waals surface area contributed by atoms with Gasteiger partial charge >= 0.3 is 0 Å². The van der Waals surface area contributed by atoms with Crippen LogP contribution in [0, 0.1) is 0 Å². The predicted octanol–water partition coefficient (Wildman–Crippen LogP) is 14.8. The van der Waals surface area contributed by atoms with Crippen LogP contribution in [0.3, 0.4) is 0 Å². The van der Waals surface area contributed by atoms with Gasteiger partial charge in [0.15, 0.2) is 0 Å². The highest BCUT2D eigenvalue weighted by Crippen LogP contribution is 2.57. The molecular weight excluding hydrogens is 683 g/mol. The Hall–Kier alpha value is -6.22. The van der Waals surface area contributed by atoms with Crippen molar-refractivity contribution in [2.75, 3.05) is 4.90 Å². The Morgan fingerprint density at radius 3 is 1.80 bits per heavy atom. The Bertz CT molecular complexity index is 2990. The zero-order chi connectivity index (χ0) is 36.9. The molecule has 1 aromatic heterocycles. The van der Waals surface area contributed by atoms with Crippen LogP contribution in [0.2, 0.25) is 0 Å². The summed E-state index contributed by atoms with van der Waals surface area (Å²) in [4.78, 5) is 2.56. The molecule has 0 amide bonds. The summed E-state index contributed by atoms with van der Waals surface area (Å²) in [5, 5.41) is 2.58. The minimum atomic E-state index is -0.314. The third-order valence-electron chi connectivity index (χ3n) is 12.5. The van der Waals surface area contributed by atoms with Crippen LogP contribution in [-0.4, -0.2) is 0 Å². The molecule has 0 saturated heterocycles. The quantitative estimate of drug-likeness (QED) is 0.171. The second kappa shape index (κ2) is 11.9. The molecule has 11 rings (SSSR count). The molecule has 2 aliphatic rings. The lowest BCUT2D eigenvalue weighted by Crippen LogP contribution is -2.23. The molecular formula is C53H39NS. The van der Waals surface area contributed by atoms with Crippen molar-refractivity contribution in [3.8, 4) is 33.4 Å². The van der Waals surface area contributed by atoms with Crippen molar-refractivity contribution < 1.29 is 0 Å². The van der Waals surface area contributed by atoms with Crippen molar-refractivity contribution >= 4 is 48.6 Å². The third-order valence-corrected chi connectivity index (χ3v) is 13.7. The Labute approximate surface area is 326 Å². The van der Waals surface area contributed by atoms with Gasteiger partial charge in [-0.25, -0.2) is 0 Å². The van der Waals surface area contributed by atoms with Crippen LogP contribution in [0.1, 0.15) is 48.6 Å². The molecule has 8 aromatic carbocycles. The van der Waals surface area contributed by atoms with Gasteiger partial charge in [-0.3, -0.25) is 0 Å². The number of hydrogen-bond donors (Lipinski definition) is 0. The fourth-order valence-corrected chi connectivity index (χ4v) is 11.1. The summed E-state index contributed by atoms with van der Waals surface area (Å²) >= 11 is 1.88. The molecule has 0 bridgehead atoms. The van der Waals surface area contributed by atoms with E-state index in [9.17, 15) is 0 Å². The average molecular weight is 722 g/mol. The SMILES string of the molecule is CC1(C)c2ccccc2-c2cccc(-c3ccccc3N(c3ccc4c(c3)C(C)(c3ccccc3)c3ccccc3-4)c3cccc4sc5ccccc5c34)c21. The fraction of sp³-hybridized carbons (Fsp3) is 0.0943. The van der Waals surface area contributed by atoms with E-state index in [1.807, 2.05) is 11.3 Å². The molecule has 262 valence electrons. The number of hydrogen-bond acceptors (Lipinski definition) is 2. The smallest absolute Gasteiger partial charge is 0.0555 e. The lowest BCUT2D eigenvalue weighted by atomic mass is 9.74. The van der Waals surface area contributed by atoms with E-state index >= 15 is 0 Å². The summed E-state index contributed by atoms with van der Waals surface area (Å²) in [6.45, 7) is 7.19. The van der Waals surface area contributed by atoms with Crippen molar-refractivity contribution in [2.24, 2.45) is 0 Å². The number of fused-ring (bicyclic) bond motifs is 9. The minimum absolute atomic E-state index is 0.152. The first-order valence-corrected chi connectivity index (χ1v) is 20.1. The molecule has 1 atom stereocenters. The van der Waals surface area contributed by atoms with Gasteiger partial charge in [-0.1, -0.05) is 159 Å². The Balaban J connectivity index is 1.21. The number of thiophene rings is 1.